The molecule has 0 aliphatic rings. The third kappa shape index (κ3) is 3.55. The van der Waals surface area contributed by atoms with Gasteiger partial charge in [0.05, 0.1) is 11.9 Å². The highest BCUT2D eigenvalue weighted by Crippen LogP contribution is 2.22. The average Bonchev–Trinajstić information content (AvgIpc) is 2.99. The Morgan fingerprint density at radius 1 is 1.47 bits per heavy atom. The number of imidazole rings is 1. The van der Waals surface area contributed by atoms with Crippen molar-refractivity contribution in [3.8, 4) is 0 Å². The number of hydrogen-bond acceptors (Lipinski definition) is 4. The normalized spacial score (nSPS) is 10.1. The number of aromatic nitrogens is 2. The van der Waals surface area contributed by atoms with Crippen LogP contribution in [0.1, 0.15) is 16.1 Å². The molecule has 0 atom stereocenters. The summed E-state index contributed by atoms with van der Waals surface area (Å²) in [4.78, 5) is 29.2. The zero-order valence-electron chi connectivity index (χ0n) is 9.84. The van der Waals surface area contributed by atoms with Crippen LogP contribution in [0, 0.1) is 0 Å². The van der Waals surface area contributed by atoms with E-state index in [4.69, 9.17) is 5.11 Å². The van der Waals surface area contributed by atoms with Gasteiger partial charge in [0, 0.05) is 24.9 Å². The van der Waals surface area contributed by atoms with Crippen molar-refractivity contribution < 1.29 is 14.7 Å². The van der Waals surface area contributed by atoms with Crippen molar-refractivity contribution in [1.29, 1.82) is 0 Å². The van der Waals surface area contributed by atoms with Crippen LogP contribution in [0.2, 0.25) is 0 Å². The second-order valence-corrected chi connectivity index (χ2v) is 4.59. The molecule has 0 spiro atoms. The average molecular weight is 280 g/mol. The molecular formula is C11H12N4O3S. The number of aromatic carboxylic acids is 1. The van der Waals surface area contributed by atoms with Gasteiger partial charge in [0.2, 0.25) is 0 Å². The van der Waals surface area contributed by atoms with E-state index in [9.17, 15) is 9.59 Å². The predicted octanol–water partition coefficient (Wildman–Crippen LogP) is 1.53. The third-order valence-electron chi connectivity index (χ3n) is 2.36. The van der Waals surface area contributed by atoms with Crippen LogP contribution >= 0.6 is 11.3 Å². The Hall–Kier alpha value is -2.35. The molecular weight excluding hydrogens is 268 g/mol. The summed E-state index contributed by atoms with van der Waals surface area (Å²) in [6.45, 7) is 0.432. The first-order valence-electron chi connectivity index (χ1n) is 5.49. The van der Waals surface area contributed by atoms with Gasteiger partial charge in [-0.1, -0.05) is 0 Å². The first-order chi connectivity index (χ1) is 9.16. The van der Waals surface area contributed by atoms with E-state index in [-0.39, 0.29) is 5.56 Å². The molecule has 0 saturated heterocycles. The van der Waals surface area contributed by atoms with Gasteiger partial charge in [-0.3, -0.25) is 5.32 Å². The monoisotopic (exact) mass is 280 g/mol. The van der Waals surface area contributed by atoms with Crippen LogP contribution in [-0.4, -0.2) is 33.6 Å². The molecule has 0 bridgehead atoms. The van der Waals surface area contributed by atoms with E-state index < -0.39 is 12.0 Å². The largest absolute Gasteiger partial charge is 0.478 e. The van der Waals surface area contributed by atoms with Crippen molar-refractivity contribution >= 4 is 28.3 Å². The Labute approximate surface area is 112 Å². The maximum atomic E-state index is 11.6. The second kappa shape index (κ2) is 6.01. The molecule has 19 heavy (non-hydrogen) atoms. The maximum Gasteiger partial charge on any atom is 0.338 e. The van der Waals surface area contributed by atoms with Crippen molar-refractivity contribution in [2.75, 3.05) is 11.9 Å². The molecule has 8 heteroatoms. The van der Waals surface area contributed by atoms with Crippen molar-refractivity contribution in [2.24, 2.45) is 0 Å². The molecule has 2 aromatic heterocycles. The minimum Gasteiger partial charge on any atom is -0.478 e. The zero-order chi connectivity index (χ0) is 13.7. The van der Waals surface area contributed by atoms with E-state index in [0.717, 1.165) is 5.69 Å². The van der Waals surface area contributed by atoms with Crippen molar-refractivity contribution in [2.45, 2.75) is 6.42 Å². The van der Waals surface area contributed by atoms with Crippen molar-refractivity contribution in [1.82, 2.24) is 15.3 Å². The van der Waals surface area contributed by atoms with Gasteiger partial charge in [-0.2, -0.15) is 0 Å². The van der Waals surface area contributed by atoms with Crippen LogP contribution in [0.5, 0.6) is 0 Å². The number of nitrogens with one attached hydrogen (secondary N) is 3. The number of amides is 2. The van der Waals surface area contributed by atoms with Gasteiger partial charge in [0.1, 0.15) is 5.00 Å². The maximum absolute atomic E-state index is 11.6. The van der Waals surface area contributed by atoms with Gasteiger partial charge in [0.15, 0.2) is 0 Å². The third-order valence-corrected chi connectivity index (χ3v) is 3.19. The van der Waals surface area contributed by atoms with Crippen molar-refractivity contribution in [3.63, 3.8) is 0 Å². The highest BCUT2D eigenvalue weighted by molar-refractivity contribution is 7.14. The van der Waals surface area contributed by atoms with Crippen LogP contribution in [0.4, 0.5) is 9.80 Å². The molecule has 0 fully saturated rings. The fraction of sp³-hybridized carbons (Fsp3) is 0.182. The molecule has 0 aliphatic heterocycles. The van der Waals surface area contributed by atoms with Gasteiger partial charge in [-0.15, -0.1) is 11.3 Å². The molecule has 2 aromatic rings. The predicted molar refractivity (Wildman–Crippen MR) is 70.6 cm³/mol. The van der Waals surface area contributed by atoms with Gasteiger partial charge in [-0.05, 0) is 11.4 Å². The molecule has 2 amide bonds. The molecule has 0 aromatic carbocycles. The van der Waals surface area contributed by atoms with Crippen LogP contribution in [0.15, 0.2) is 24.0 Å². The summed E-state index contributed by atoms with van der Waals surface area (Å²) in [6, 6.07) is 1.03. The quantitative estimate of drug-likeness (QED) is 0.666. The lowest BCUT2D eigenvalue weighted by molar-refractivity contribution is 0.0698. The number of nitrogens with zero attached hydrogens (tertiary/aromatic N) is 1. The smallest absolute Gasteiger partial charge is 0.338 e. The van der Waals surface area contributed by atoms with Gasteiger partial charge in [0.25, 0.3) is 0 Å². The number of carbonyl (C=O) groups is 2. The van der Waals surface area contributed by atoms with E-state index >= 15 is 0 Å². The molecule has 0 unspecified atom stereocenters. The fourth-order valence-electron chi connectivity index (χ4n) is 1.45. The number of carbonyl (C=O) groups excluding carboxylic acids is 1. The summed E-state index contributed by atoms with van der Waals surface area (Å²) < 4.78 is 0. The molecule has 0 saturated carbocycles. The highest BCUT2D eigenvalue weighted by Gasteiger charge is 2.13. The Bertz CT molecular complexity index is 564. The summed E-state index contributed by atoms with van der Waals surface area (Å²) in [5.74, 6) is -1.06. The number of carboxylic acids is 1. The van der Waals surface area contributed by atoms with Crippen LogP contribution in [-0.2, 0) is 6.42 Å². The summed E-state index contributed by atoms with van der Waals surface area (Å²) >= 11 is 1.17. The Morgan fingerprint density at radius 2 is 2.32 bits per heavy atom. The topological polar surface area (TPSA) is 107 Å². The van der Waals surface area contributed by atoms with Crippen LogP contribution < -0.4 is 10.6 Å². The number of carboxylic acid groups (broad SMARTS) is 1. The first kappa shape index (κ1) is 13.1. The number of anilines is 1. The summed E-state index contributed by atoms with van der Waals surface area (Å²) in [5.41, 5.74) is 1.01. The molecule has 4 N–H and O–H groups in total. The summed E-state index contributed by atoms with van der Waals surface area (Å²) in [6.07, 6.45) is 3.88. The fourth-order valence-corrected chi connectivity index (χ4v) is 2.23. The Balaban J connectivity index is 1.81. The zero-order valence-corrected chi connectivity index (χ0v) is 10.7. The molecule has 100 valence electrons. The van der Waals surface area contributed by atoms with Gasteiger partial charge >= 0.3 is 12.0 Å². The van der Waals surface area contributed by atoms with Gasteiger partial charge in [-0.25, -0.2) is 14.6 Å². The van der Waals surface area contributed by atoms with E-state index in [1.807, 2.05) is 0 Å². The summed E-state index contributed by atoms with van der Waals surface area (Å²) in [7, 11) is 0. The first-order valence-corrected chi connectivity index (χ1v) is 6.37. The lowest BCUT2D eigenvalue weighted by Crippen LogP contribution is -2.30. The number of urea groups is 1. The van der Waals surface area contributed by atoms with Crippen molar-refractivity contribution in [3.05, 3.63) is 35.2 Å². The minimum atomic E-state index is -1.06. The minimum absolute atomic E-state index is 0.0914. The van der Waals surface area contributed by atoms with Crippen LogP contribution in [0.25, 0.3) is 0 Å². The van der Waals surface area contributed by atoms with Crippen LogP contribution in [0.3, 0.4) is 0 Å². The number of hydrogen-bond donors (Lipinski definition) is 4. The van der Waals surface area contributed by atoms with E-state index in [1.54, 1.807) is 17.9 Å². The SMILES string of the molecule is O=C(NCCc1cnc[nH]1)Nc1sccc1C(=O)O. The standard InChI is InChI=1S/C11H12N4O3S/c16-10(17)8-2-4-19-9(8)15-11(18)13-3-1-7-5-12-6-14-7/h2,4-6H,1,3H2,(H,12,14)(H,16,17)(H2,13,15,18). The van der Waals surface area contributed by atoms with Gasteiger partial charge < -0.3 is 15.4 Å². The number of H-pyrrole nitrogens is 1. The number of rotatable bonds is 5. The lowest BCUT2D eigenvalue weighted by Gasteiger charge is -2.06. The number of aromatic amines is 1. The molecule has 2 rings (SSSR count). The molecule has 0 radical (unpaired) electrons. The molecule has 0 aliphatic carbocycles. The lowest BCUT2D eigenvalue weighted by atomic mass is 10.3. The Morgan fingerprint density at radius 3 is 3.00 bits per heavy atom. The summed E-state index contributed by atoms with van der Waals surface area (Å²) in [5, 5.41) is 16.0. The second-order valence-electron chi connectivity index (χ2n) is 3.68. The Kier molecular flexibility index (Phi) is 4.14. The van der Waals surface area contributed by atoms with E-state index in [0.29, 0.717) is 18.0 Å². The molecule has 2 heterocycles. The van der Waals surface area contributed by atoms with E-state index in [1.165, 1.54) is 17.4 Å². The molecule has 7 nitrogen and oxygen atoms in total. The van der Waals surface area contributed by atoms with E-state index in [2.05, 4.69) is 20.6 Å². The highest BCUT2D eigenvalue weighted by atomic mass is 32.1. The number of thiophene rings is 1.